The first kappa shape index (κ1) is 19.3. The van der Waals surface area contributed by atoms with Crippen molar-refractivity contribution in [1.29, 1.82) is 0 Å². The molecule has 8 heteroatoms. The van der Waals surface area contributed by atoms with Crippen molar-refractivity contribution in [1.82, 2.24) is 24.6 Å². The van der Waals surface area contributed by atoms with E-state index in [1.807, 2.05) is 49.9 Å². The number of amides is 2. The van der Waals surface area contributed by atoms with Crippen LogP contribution in [0.4, 0.5) is 0 Å². The predicted molar refractivity (Wildman–Crippen MR) is 106 cm³/mol. The standard InChI is InChI=1S/C19H25N5O2S/c1-13(2)18(26)23-10-8-22(9-11-23)16(25)12-24-17(20-21-19(24)27)15-6-4-14(3)5-7-15/h4-7,13H,8-12H2,1-3H3,(H,21,27). The maximum Gasteiger partial charge on any atom is 0.242 e. The van der Waals surface area contributed by atoms with Crippen molar-refractivity contribution in [2.45, 2.75) is 27.3 Å². The van der Waals surface area contributed by atoms with Gasteiger partial charge in [0.1, 0.15) is 6.54 Å². The maximum atomic E-state index is 12.8. The number of carbonyl (C=O) groups is 2. The molecular formula is C19H25N5O2S. The Morgan fingerprint density at radius 2 is 1.70 bits per heavy atom. The monoisotopic (exact) mass is 387 g/mol. The molecule has 1 fully saturated rings. The van der Waals surface area contributed by atoms with Gasteiger partial charge in [0.15, 0.2) is 10.6 Å². The number of hydrogen-bond acceptors (Lipinski definition) is 4. The molecule has 27 heavy (non-hydrogen) atoms. The highest BCUT2D eigenvalue weighted by Crippen LogP contribution is 2.18. The number of nitrogens with one attached hydrogen (secondary N) is 1. The van der Waals surface area contributed by atoms with Gasteiger partial charge in [-0.1, -0.05) is 43.7 Å². The summed E-state index contributed by atoms with van der Waals surface area (Å²) in [5.74, 6) is 0.758. The minimum absolute atomic E-state index is 0.0162. The average molecular weight is 388 g/mol. The Hall–Kier alpha value is -2.48. The van der Waals surface area contributed by atoms with Gasteiger partial charge in [-0.3, -0.25) is 19.3 Å². The van der Waals surface area contributed by atoms with Crippen LogP contribution in [-0.4, -0.2) is 62.6 Å². The van der Waals surface area contributed by atoms with Crippen LogP contribution in [-0.2, 0) is 16.1 Å². The molecule has 0 aliphatic carbocycles. The van der Waals surface area contributed by atoms with E-state index in [0.29, 0.717) is 36.8 Å². The van der Waals surface area contributed by atoms with E-state index >= 15 is 0 Å². The number of benzene rings is 1. The highest BCUT2D eigenvalue weighted by Gasteiger charge is 2.26. The molecule has 2 amide bonds. The topological polar surface area (TPSA) is 74.2 Å². The normalized spacial score (nSPS) is 14.7. The third-order valence-corrected chi connectivity index (χ3v) is 5.11. The van der Waals surface area contributed by atoms with Gasteiger partial charge >= 0.3 is 0 Å². The van der Waals surface area contributed by atoms with Gasteiger partial charge in [-0.15, -0.1) is 0 Å². The van der Waals surface area contributed by atoms with E-state index in [1.54, 1.807) is 9.47 Å². The van der Waals surface area contributed by atoms with Crippen molar-refractivity contribution in [3.63, 3.8) is 0 Å². The van der Waals surface area contributed by atoms with Crippen LogP contribution in [0.25, 0.3) is 11.4 Å². The molecule has 1 aromatic heterocycles. The molecule has 7 nitrogen and oxygen atoms in total. The third-order valence-electron chi connectivity index (χ3n) is 4.80. The Balaban J connectivity index is 1.69. The van der Waals surface area contributed by atoms with Gasteiger partial charge in [0.25, 0.3) is 0 Å². The smallest absolute Gasteiger partial charge is 0.242 e. The molecule has 0 radical (unpaired) electrons. The molecule has 0 spiro atoms. The molecule has 1 aliphatic rings. The van der Waals surface area contributed by atoms with Crippen LogP contribution in [0.3, 0.4) is 0 Å². The predicted octanol–water partition coefficient (Wildman–Crippen LogP) is 2.24. The fraction of sp³-hybridized carbons (Fsp3) is 0.474. The van der Waals surface area contributed by atoms with Crippen LogP contribution < -0.4 is 0 Å². The number of hydrogen-bond donors (Lipinski definition) is 1. The number of H-pyrrole nitrogens is 1. The molecule has 2 aromatic rings. The second-order valence-electron chi connectivity index (χ2n) is 7.17. The van der Waals surface area contributed by atoms with Gasteiger partial charge in [-0.2, -0.15) is 5.10 Å². The van der Waals surface area contributed by atoms with E-state index in [1.165, 1.54) is 0 Å². The Morgan fingerprint density at radius 1 is 1.11 bits per heavy atom. The second kappa shape index (κ2) is 8.04. The van der Waals surface area contributed by atoms with E-state index in [9.17, 15) is 9.59 Å². The van der Waals surface area contributed by atoms with Crippen LogP contribution >= 0.6 is 12.2 Å². The summed E-state index contributed by atoms with van der Waals surface area (Å²) >= 11 is 5.32. The minimum atomic E-state index is -0.0198. The third kappa shape index (κ3) is 4.27. The summed E-state index contributed by atoms with van der Waals surface area (Å²) in [7, 11) is 0. The van der Waals surface area contributed by atoms with Crippen molar-refractivity contribution in [3.8, 4) is 11.4 Å². The Bertz CT molecular complexity index is 876. The van der Waals surface area contributed by atoms with E-state index in [4.69, 9.17) is 12.2 Å². The minimum Gasteiger partial charge on any atom is -0.339 e. The SMILES string of the molecule is Cc1ccc(-c2n[nH]c(=S)n2CC(=O)N2CCN(C(=O)C(C)C)CC2)cc1. The summed E-state index contributed by atoms with van der Waals surface area (Å²) < 4.78 is 2.15. The zero-order chi connectivity index (χ0) is 19.6. The van der Waals surface area contributed by atoms with E-state index < -0.39 is 0 Å². The van der Waals surface area contributed by atoms with Gasteiger partial charge < -0.3 is 9.80 Å². The van der Waals surface area contributed by atoms with Gasteiger partial charge in [0.2, 0.25) is 11.8 Å². The van der Waals surface area contributed by atoms with Crippen molar-refractivity contribution in [3.05, 3.63) is 34.6 Å². The number of aryl methyl sites for hydroxylation is 1. The molecule has 144 valence electrons. The first-order valence-electron chi connectivity index (χ1n) is 9.15. The molecule has 1 saturated heterocycles. The number of carbonyl (C=O) groups excluding carboxylic acids is 2. The summed E-state index contributed by atoms with van der Waals surface area (Å²) in [5.41, 5.74) is 2.07. The lowest BCUT2D eigenvalue weighted by Gasteiger charge is -2.35. The fourth-order valence-electron chi connectivity index (χ4n) is 3.16. The number of piperazine rings is 1. The van der Waals surface area contributed by atoms with Crippen LogP contribution in [0.5, 0.6) is 0 Å². The number of rotatable bonds is 4. The van der Waals surface area contributed by atoms with E-state index in [0.717, 1.165) is 11.1 Å². The molecule has 1 aliphatic heterocycles. The summed E-state index contributed by atoms with van der Waals surface area (Å²) in [4.78, 5) is 28.5. The lowest BCUT2D eigenvalue weighted by atomic mass is 10.1. The van der Waals surface area contributed by atoms with Crippen LogP contribution in [0.1, 0.15) is 19.4 Å². The Kier molecular flexibility index (Phi) is 5.74. The summed E-state index contributed by atoms with van der Waals surface area (Å²) in [6.45, 7) is 8.18. The quantitative estimate of drug-likeness (QED) is 0.817. The van der Waals surface area contributed by atoms with Gasteiger partial charge in [0, 0.05) is 37.7 Å². The lowest BCUT2D eigenvalue weighted by Crippen LogP contribution is -2.52. The summed E-state index contributed by atoms with van der Waals surface area (Å²) in [5, 5.41) is 7.08. The molecule has 0 atom stereocenters. The first-order chi connectivity index (χ1) is 12.9. The van der Waals surface area contributed by atoms with Crippen LogP contribution in [0, 0.1) is 17.6 Å². The van der Waals surface area contributed by atoms with Gasteiger partial charge in [-0.05, 0) is 19.1 Å². The molecular weight excluding hydrogens is 362 g/mol. The number of aromatic nitrogens is 3. The van der Waals surface area contributed by atoms with Crippen molar-refractivity contribution in [2.75, 3.05) is 26.2 Å². The van der Waals surface area contributed by atoms with Gasteiger partial charge in [-0.25, -0.2) is 0 Å². The summed E-state index contributed by atoms with van der Waals surface area (Å²) in [6.07, 6.45) is 0. The highest BCUT2D eigenvalue weighted by molar-refractivity contribution is 7.71. The molecule has 3 rings (SSSR count). The molecule has 1 aromatic carbocycles. The van der Waals surface area contributed by atoms with Crippen molar-refractivity contribution >= 4 is 24.0 Å². The van der Waals surface area contributed by atoms with Crippen LogP contribution in [0.15, 0.2) is 24.3 Å². The average Bonchev–Trinajstić information content (AvgIpc) is 3.02. The number of nitrogens with zero attached hydrogens (tertiary/aromatic N) is 4. The Labute approximate surface area is 164 Å². The van der Waals surface area contributed by atoms with Gasteiger partial charge in [0.05, 0.1) is 0 Å². The highest BCUT2D eigenvalue weighted by atomic mass is 32.1. The second-order valence-corrected chi connectivity index (χ2v) is 7.55. The van der Waals surface area contributed by atoms with Crippen molar-refractivity contribution < 1.29 is 9.59 Å². The number of aromatic amines is 1. The first-order valence-corrected chi connectivity index (χ1v) is 9.56. The Morgan fingerprint density at radius 3 is 2.30 bits per heavy atom. The van der Waals surface area contributed by atoms with E-state index in [2.05, 4.69) is 10.2 Å². The molecule has 2 heterocycles. The zero-order valence-corrected chi connectivity index (χ0v) is 16.8. The zero-order valence-electron chi connectivity index (χ0n) is 15.9. The van der Waals surface area contributed by atoms with E-state index in [-0.39, 0.29) is 24.3 Å². The molecule has 1 N–H and O–H groups in total. The fourth-order valence-corrected chi connectivity index (χ4v) is 3.36. The molecule has 0 saturated carbocycles. The largest absolute Gasteiger partial charge is 0.339 e. The van der Waals surface area contributed by atoms with Crippen molar-refractivity contribution in [2.24, 2.45) is 5.92 Å². The molecule has 0 unspecified atom stereocenters. The van der Waals surface area contributed by atoms with Crippen LogP contribution in [0.2, 0.25) is 0 Å². The summed E-state index contributed by atoms with van der Waals surface area (Å²) in [6, 6.07) is 7.95. The lowest BCUT2D eigenvalue weighted by molar-refractivity contribution is -0.141. The maximum absolute atomic E-state index is 12.8. The molecule has 0 bridgehead atoms.